The lowest BCUT2D eigenvalue weighted by atomic mass is 10.3. The van der Waals surface area contributed by atoms with Gasteiger partial charge in [0.2, 0.25) is 0 Å². The van der Waals surface area contributed by atoms with E-state index in [-0.39, 0.29) is 11.8 Å². The van der Waals surface area contributed by atoms with Crippen LogP contribution in [0, 0.1) is 3.57 Å². The molecule has 4 nitrogen and oxygen atoms in total. The van der Waals surface area contributed by atoms with E-state index in [9.17, 15) is 13.2 Å². The summed E-state index contributed by atoms with van der Waals surface area (Å²) in [4.78, 5) is 7.67. The first-order valence-corrected chi connectivity index (χ1v) is 6.02. The molecule has 0 amide bonds. The average molecular weight is 382 g/mol. The van der Waals surface area contributed by atoms with E-state index >= 15 is 0 Å². The summed E-state index contributed by atoms with van der Waals surface area (Å²) in [6, 6.07) is 5.35. The minimum Gasteiger partial charge on any atom is -0.420 e. The van der Waals surface area contributed by atoms with Gasteiger partial charge in [-0.2, -0.15) is 0 Å². The summed E-state index contributed by atoms with van der Waals surface area (Å²) in [7, 11) is 0. The second-order valence-corrected chi connectivity index (χ2v) is 4.53. The molecule has 0 spiro atoms. The van der Waals surface area contributed by atoms with E-state index in [0.29, 0.717) is 0 Å². The van der Waals surface area contributed by atoms with Crippen molar-refractivity contribution in [3.8, 4) is 17.5 Å². The number of hydrogen-bond donors (Lipinski definition) is 0. The zero-order chi connectivity index (χ0) is 13.9. The molecule has 1 heterocycles. The first-order chi connectivity index (χ1) is 8.94. The maximum absolute atomic E-state index is 12.2. The summed E-state index contributed by atoms with van der Waals surface area (Å²) >= 11 is 2.00. The Kier molecular flexibility index (Phi) is 4.08. The Morgan fingerprint density at radius 1 is 1.00 bits per heavy atom. The molecule has 0 saturated heterocycles. The van der Waals surface area contributed by atoms with Crippen LogP contribution in [0.25, 0.3) is 0 Å². The fourth-order valence-electron chi connectivity index (χ4n) is 1.19. The van der Waals surface area contributed by atoms with Gasteiger partial charge >= 0.3 is 12.4 Å². The molecule has 8 heteroatoms. The quantitative estimate of drug-likeness (QED) is 0.759. The summed E-state index contributed by atoms with van der Waals surface area (Å²) in [6.45, 7) is 0. The molecule has 1 aromatic heterocycles. The van der Waals surface area contributed by atoms with Gasteiger partial charge in [0.25, 0.3) is 0 Å². The van der Waals surface area contributed by atoms with E-state index in [1.165, 1.54) is 30.6 Å². The van der Waals surface area contributed by atoms with Gasteiger partial charge in [-0.1, -0.05) is 12.1 Å². The first-order valence-electron chi connectivity index (χ1n) is 4.94. The van der Waals surface area contributed by atoms with Gasteiger partial charge in [-0.3, -0.25) is 0 Å². The smallest absolute Gasteiger partial charge is 0.420 e. The van der Waals surface area contributed by atoms with Crippen LogP contribution in [0.2, 0.25) is 0 Å². The Balaban J connectivity index is 2.22. The number of aromatic nitrogens is 2. The van der Waals surface area contributed by atoms with Gasteiger partial charge in [-0.25, -0.2) is 9.97 Å². The minimum atomic E-state index is -4.79. The number of alkyl halides is 3. The Labute approximate surface area is 119 Å². The molecule has 0 atom stereocenters. The number of benzene rings is 1. The lowest BCUT2D eigenvalue weighted by Crippen LogP contribution is -2.17. The van der Waals surface area contributed by atoms with Crippen molar-refractivity contribution in [2.24, 2.45) is 0 Å². The normalized spacial score (nSPS) is 11.2. The molecule has 0 aliphatic carbocycles. The monoisotopic (exact) mass is 382 g/mol. The molecule has 0 aliphatic heterocycles. The maximum Gasteiger partial charge on any atom is 0.573 e. The third kappa shape index (κ3) is 4.23. The maximum atomic E-state index is 12.2. The van der Waals surface area contributed by atoms with Crippen LogP contribution in [0.3, 0.4) is 0 Å². The summed E-state index contributed by atoms with van der Waals surface area (Å²) < 4.78 is 46.4. The van der Waals surface area contributed by atoms with Crippen molar-refractivity contribution >= 4 is 22.6 Å². The van der Waals surface area contributed by atoms with Crippen molar-refractivity contribution in [1.29, 1.82) is 0 Å². The topological polar surface area (TPSA) is 44.2 Å². The van der Waals surface area contributed by atoms with E-state index in [1.807, 2.05) is 22.6 Å². The van der Waals surface area contributed by atoms with Crippen LogP contribution >= 0.6 is 22.6 Å². The number of ether oxygens (including phenoxy) is 2. The van der Waals surface area contributed by atoms with Crippen LogP contribution < -0.4 is 9.47 Å². The Hall–Kier alpha value is -1.58. The SMILES string of the molecule is FC(F)(F)Oc1ccccc1Oc1ncc(I)cn1. The second kappa shape index (κ2) is 5.59. The van der Waals surface area contributed by atoms with Crippen LogP contribution in [0.1, 0.15) is 0 Å². The number of halogens is 4. The molecule has 1 aromatic carbocycles. The summed E-state index contributed by atoms with van der Waals surface area (Å²) in [5.74, 6) is -0.557. The fraction of sp³-hybridized carbons (Fsp3) is 0.0909. The molecular formula is C11H6F3IN2O2. The zero-order valence-corrected chi connectivity index (χ0v) is 11.3. The van der Waals surface area contributed by atoms with Crippen LogP contribution in [0.15, 0.2) is 36.7 Å². The molecule has 19 heavy (non-hydrogen) atoms. The van der Waals surface area contributed by atoms with Crippen LogP contribution in [-0.4, -0.2) is 16.3 Å². The molecule has 2 rings (SSSR count). The predicted octanol–water partition coefficient (Wildman–Crippen LogP) is 3.77. The Bertz CT molecular complexity index is 561. The largest absolute Gasteiger partial charge is 0.573 e. The number of nitrogens with zero attached hydrogens (tertiary/aromatic N) is 2. The summed E-state index contributed by atoms with van der Waals surface area (Å²) in [6.07, 6.45) is -1.82. The van der Waals surface area contributed by atoms with Gasteiger partial charge in [0.15, 0.2) is 11.5 Å². The van der Waals surface area contributed by atoms with Crippen molar-refractivity contribution in [2.45, 2.75) is 6.36 Å². The highest BCUT2D eigenvalue weighted by Gasteiger charge is 2.32. The Morgan fingerprint density at radius 2 is 1.58 bits per heavy atom. The van der Waals surface area contributed by atoms with E-state index in [4.69, 9.17) is 4.74 Å². The zero-order valence-electron chi connectivity index (χ0n) is 9.19. The van der Waals surface area contributed by atoms with Crippen molar-refractivity contribution < 1.29 is 22.6 Å². The number of rotatable bonds is 3. The van der Waals surface area contributed by atoms with Crippen LogP contribution in [-0.2, 0) is 0 Å². The van der Waals surface area contributed by atoms with E-state index in [0.717, 1.165) is 9.64 Å². The molecule has 0 unspecified atom stereocenters. The Morgan fingerprint density at radius 3 is 2.16 bits per heavy atom. The molecular weight excluding hydrogens is 376 g/mol. The van der Waals surface area contributed by atoms with Crippen molar-refractivity contribution in [2.75, 3.05) is 0 Å². The minimum absolute atomic E-state index is 0.0568. The first kappa shape index (κ1) is 13.8. The molecule has 2 aromatic rings. The van der Waals surface area contributed by atoms with Crippen LogP contribution in [0.4, 0.5) is 13.2 Å². The van der Waals surface area contributed by atoms with Gasteiger partial charge in [0, 0.05) is 16.0 Å². The van der Waals surface area contributed by atoms with Gasteiger partial charge in [-0.05, 0) is 34.7 Å². The average Bonchev–Trinajstić information content (AvgIpc) is 2.33. The second-order valence-electron chi connectivity index (χ2n) is 3.28. The lowest BCUT2D eigenvalue weighted by molar-refractivity contribution is -0.275. The molecule has 0 bridgehead atoms. The molecule has 0 saturated carbocycles. The van der Waals surface area contributed by atoms with Gasteiger partial charge < -0.3 is 9.47 Å². The fourth-order valence-corrected chi connectivity index (χ4v) is 1.47. The molecule has 0 aliphatic rings. The predicted molar refractivity (Wildman–Crippen MR) is 67.9 cm³/mol. The summed E-state index contributed by atoms with van der Waals surface area (Å²) in [5.41, 5.74) is 0. The number of para-hydroxylation sites is 2. The van der Waals surface area contributed by atoms with E-state index < -0.39 is 12.1 Å². The van der Waals surface area contributed by atoms with Crippen molar-refractivity contribution in [3.05, 3.63) is 40.2 Å². The highest BCUT2D eigenvalue weighted by Crippen LogP contribution is 2.33. The van der Waals surface area contributed by atoms with Gasteiger partial charge in [-0.15, -0.1) is 13.2 Å². The standard InChI is InChI=1S/C11H6F3IN2O2/c12-11(13,14)19-9-4-2-1-3-8(9)18-10-16-5-7(15)6-17-10/h1-6H. The van der Waals surface area contributed by atoms with E-state index in [1.54, 1.807) is 0 Å². The molecule has 0 N–H and O–H groups in total. The molecule has 0 radical (unpaired) electrons. The van der Waals surface area contributed by atoms with Gasteiger partial charge in [0.1, 0.15) is 0 Å². The lowest BCUT2D eigenvalue weighted by Gasteiger charge is -2.12. The van der Waals surface area contributed by atoms with Crippen molar-refractivity contribution in [1.82, 2.24) is 9.97 Å². The van der Waals surface area contributed by atoms with Crippen molar-refractivity contribution in [3.63, 3.8) is 0 Å². The molecule has 100 valence electrons. The highest BCUT2D eigenvalue weighted by molar-refractivity contribution is 14.1. The van der Waals surface area contributed by atoms with E-state index in [2.05, 4.69) is 14.7 Å². The van der Waals surface area contributed by atoms with Gasteiger partial charge in [0.05, 0.1) is 0 Å². The van der Waals surface area contributed by atoms with Crippen LogP contribution in [0.5, 0.6) is 17.5 Å². The molecule has 0 fully saturated rings. The third-order valence-electron chi connectivity index (χ3n) is 1.87. The third-order valence-corrected chi connectivity index (χ3v) is 2.43. The summed E-state index contributed by atoms with van der Waals surface area (Å²) in [5, 5.41) is 0. The highest BCUT2D eigenvalue weighted by atomic mass is 127. The number of hydrogen-bond acceptors (Lipinski definition) is 4.